The Morgan fingerprint density at radius 2 is 1.85 bits per heavy atom. The topological polar surface area (TPSA) is 80.3 Å². The van der Waals surface area contributed by atoms with Crippen molar-refractivity contribution < 1.29 is 23.9 Å². The molecule has 0 saturated carbocycles. The Morgan fingerprint density at radius 1 is 1.22 bits per heavy atom. The molecule has 3 saturated heterocycles. The SMILES string of the molecule is CCOC(=O)ON1C(C)CC(N2CCC3(CC2)OC(=O)NC3CC)CC1C. The lowest BCUT2D eigenvalue weighted by molar-refractivity contribution is -0.197. The Hall–Kier alpha value is -1.54. The number of likely N-dealkylation sites (tertiary alicyclic amines) is 1. The van der Waals surface area contributed by atoms with Gasteiger partial charge in [-0.3, -0.25) is 4.90 Å². The van der Waals surface area contributed by atoms with Crippen molar-refractivity contribution in [2.75, 3.05) is 19.7 Å². The van der Waals surface area contributed by atoms with Crippen LogP contribution in [0.25, 0.3) is 0 Å². The van der Waals surface area contributed by atoms with Gasteiger partial charge in [0.1, 0.15) is 5.60 Å². The number of rotatable bonds is 4. The lowest BCUT2D eigenvalue weighted by Crippen LogP contribution is -2.58. The summed E-state index contributed by atoms with van der Waals surface area (Å²) in [6.07, 6.45) is 3.60. The number of nitrogens with one attached hydrogen (secondary N) is 1. The first-order chi connectivity index (χ1) is 12.9. The first-order valence-electron chi connectivity index (χ1n) is 10.2. The Kier molecular flexibility index (Phi) is 6.15. The van der Waals surface area contributed by atoms with E-state index in [2.05, 4.69) is 31.0 Å². The van der Waals surface area contributed by atoms with E-state index in [1.54, 1.807) is 12.0 Å². The predicted octanol–water partition coefficient (Wildman–Crippen LogP) is 2.67. The highest BCUT2D eigenvalue weighted by Crippen LogP contribution is 2.37. The van der Waals surface area contributed by atoms with Gasteiger partial charge in [0.05, 0.1) is 12.6 Å². The molecule has 0 bridgehead atoms. The second-order valence-electron chi connectivity index (χ2n) is 8.05. The van der Waals surface area contributed by atoms with Crippen molar-refractivity contribution in [3.05, 3.63) is 0 Å². The van der Waals surface area contributed by atoms with Gasteiger partial charge in [0.25, 0.3) is 0 Å². The highest BCUT2D eigenvalue weighted by molar-refractivity contribution is 5.71. The summed E-state index contributed by atoms with van der Waals surface area (Å²) in [5, 5.41) is 4.73. The molecular weight excluding hydrogens is 350 g/mol. The molecule has 0 aromatic carbocycles. The molecular formula is C19H33N3O5. The van der Waals surface area contributed by atoms with Crippen LogP contribution in [0.2, 0.25) is 0 Å². The number of nitrogens with zero attached hydrogens (tertiary/aromatic N) is 2. The van der Waals surface area contributed by atoms with Crippen molar-refractivity contribution >= 4 is 12.2 Å². The van der Waals surface area contributed by atoms with Crippen LogP contribution in [0.15, 0.2) is 0 Å². The van der Waals surface area contributed by atoms with Gasteiger partial charge in [0.2, 0.25) is 0 Å². The van der Waals surface area contributed by atoms with E-state index in [-0.39, 0.29) is 29.8 Å². The average molecular weight is 383 g/mol. The molecule has 3 heterocycles. The van der Waals surface area contributed by atoms with Crippen LogP contribution in [0, 0.1) is 0 Å². The average Bonchev–Trinajstić information content (AvgIpc) is 2.93. The van der Waals surface area contributed by atoms with Crippen LogP contribution in [-0.4, -0.2) is 71.7 Å². The molecule has 0 aromatic rings. The summed E-state index contributed by atoms with van der Waals surface area (Å²) in [7, 11) is 0. The molecule has 3 aliphatic heterocycles. The van der Waals surface area contributed by atoms with Crippen molar-refractivity contribution in [3.8, 4) is 0 Å². The number of carbonyl (C=O) groups is 2. The molecule has 1 spiro atoms. The summed E-state index contributed by atoms with van der Waals surface area (Å²) in [4.78, 5) is 31.3. The smallest absolute Gasteiger partial charge is 0.441 e. The van der Waals surface area contributed by atoms with Crippen LogP contribution in [0.5, 0.6) is 0 Å². The van der Waals surface area contributed by atoms with Gasteiger partial charge in [-0.25, -0.2) is 9.59 Å². The van der Waals surface area contributed by atoms with Crippen LogP contribution in [0.1, 0.15) is 59.8 Å². The molecule has 1 amide bonds. The third-order valence-corrected chi connectivity index (χ3v) is 6.33. The lowest BCUT2D eigenvalue weighted by Gasteiger charge is -2.48. The van der Waals surface area contributed by atoms with Crippen LogP contribution in [0.3, 0.4) is 0 Å². The number of ether oxygens (including phenoxy) is 2. The number of amides is 1. The molecule has 0 radical (unpaired) electrons. The van der Waals surface area contributed by atoms with Crippen molar-refractivity contribution in [1.29, 1.82) is 0 Å². The van der Waals surface area contributed by atoms with Crippen LogP contribution < -0.4 is 5.32 Å². The van der Waals surface area contributed by atoms with E-state index < -0.39 is 6.16 Å². The Morgan fingerprint density at radius 3 is 2.41 bits per heavy atom. The van der Waals surface area contributed by atoms with E-state index >= 15 is 0 Å². The second-order valence-corrected chi connectivity index (χ2v) is 8.05. The minimum atomic E-state index is -0.629. The summed E-state index contributed by atoms with van der Waals surface area (Å²) in [6.45, 7) is 10.2. The monoisotopic (exact) mass is 383 g/mol. The number of alkyl carbamates (subject to hydrolysis) is 1. The zero-order valence-electron chi connectivity index (χ0n) is 16.9. The van der Waals surface area contributed by atoms with E-state index in [4.69, 9.17) is 14.3 Å². The first-order valence-corrected chi connectivity index (χ1v) is 10.2. The molecule has 8 heteroatoms. The quantitative estimate of drug-likeness (QED) is 0.748. The summed E-state index contributed by atoms with van der Waals surface area (Å²) < 4.78 is 10.6. The van der Waals surface area contributed by atoms with E-state index in [9.17, 15) is 9.59 Å². The minimum absolute atomic E-state index is 0.116. The maximum Gasteiger partial charge on any atom is 0.527 e. The summed E-state index contributed by atoms with van der Waals surface area (Å²) in [5.41, 5.74) is -0.340. The fourth-order valence-corrected chi connectivity index (χ4v) is 4.99. The van der Waals surface area contributed by atoms with E-state index in [0.29, 0.717) is 12.6 Å². The molecule has 3 unspecified atom stereocenters. The fraction of sp³-hybridized carbons (Fsp3) is 0.895. The van der Waals surface area contributed by atoms with Crippen LogP contribution in [-0.2, 0) is 14.3 Å². The van der Waals surface area contributed by atoms with Gasteiger partial charge in [0, 0.05) is 44.1 Å². The summed E-state index contributed by atoms with van der Waals surface area (Å²) in [6, 6.07) is 0.825. The standard InChI is InChI=1S/C19H33N3O5/c1-5-16-19(26-17(23)20-16)7-9-21(10-8-19)15-11-13(3)22(14(4)12-15)27-18(24)25-6-2/h13-16H,5-12H2,1-4H3,(H,20,23). The molecule has 8 nitrogen and oxygen atoms in total. The predicted molar refractivity (Wildman–Crippen MR) is 99.1 cm³/mol. The summed E-state index contributed by atoms with van der Waals surface area (Å²) >= 11 is 0. The molecule has 3 rings (SSSR count). The van der Waals surface area contributed by atoms with E-state index in [1.807, 2.05) is 0 Å². The first kappa shape index (κ1) is 20.2. The Balaban J connectivity index is 1.55. The molecule has 0 aromatic heterocycles. The van der Waals surface area contributed by atoms with Crippen molar-refractivity contribution in [1.82, 2.24) is 15.3 Å². The largest absolute Gasteiger partial charge is 0.527 e. The van der Waals surface area contributed by atoms with Gasteiger partial charge in [-0.15, -0.1) is 5.06 Å². The number of hydroxylamine groups is 2. The lowest BCUT2D eigenvalue weighted by atomic mass is 9.82. The van der Waals surface area contributed by atoms with E-state index in [0.717, 1.165) is 45.2 Å². The molecule has 0 aliphatic carbocycles. The molecule has 154 valence electrons. The molecule has 3 fully saturated rings. The Labute approximate surface area is 161 Å². The van der Waals surface area contributed by atoms with Crippen molar-refractivity contribution in [3.63, 3.8) is 0 Å². The van der Waals surface area contributed by atoms with Crippen molar-refractivity contribution in [2.24, 2.45) is 0 Å². The minimum Gasteiger partial charge on any atom is -0.441 e. The third-order valence-electron chi connectivity index (χ3n) is 6.33. The third kappa shape index (κ3) is 4.16. The molecule has 3 aliphatic rings. The van der Waals surface area contributed by atoms with Gasteiger partial charge in [-0.05, 0) is 40.0 Å². The summed E-state index contributed by atoms with van der Waals surface area (Å²) in [5.74, 6) is 0. The van der Waals surface area contributed by atoms with Crippen LogP contribution in [0.4, 0.5) is 9.59 Å². The highest BCUT2D eigenvalue weighted by atomic mass is 16.8. The van der Waals surface area contributed by atoms with Gasteiger partial charge >= 0.3 is 12.2 Å². The number of carbonyl (C=O) groups excluding carboxylic acids is 2. The zero-order valence-corrected chi connectivity index (χ0v) is 16.9. The van der Waals surface area contributed by atoms with Gasteiger partial charge < -0.3 is 19.6 Å². The normalized spacial score (nSPS) is 34.1. The number of hydrogen-bond acceptors (Lipinski definition) is 7. The maximum absolute atomic E-state index is 11.7. The van der Waals surface area contributed by atoms with E-state index in [1.165, 1.54) is 0 Å². The van der Waals surface area contributed by atoms with Crippen molar-refractivity contribution in [2.45, 2.75) is 89.6 Å². The number of piperidine rings is 2. The van der Waals surface area contributed by atoms with Gasteiger partial charge in [0.15, 0.2) is 0 Å². The second kappa shape index (κ2) is 8.22. The van der Waals surface area contributed by atoms with Gasteiger partial charge in [-0.1, -0.05) is 6.92 Å². The molecule has 1 N–H and O–H groups in total. The maximum atomic E-state index is 11.7. The fourth-order valence-electron chi connectivity index (χ4n) is 4.99. The van der Waals surface area contributed by atoms with Crippen LogP contribution >= 0.6 is 0 Å². The van der Waals surface area contributed by atoms with Gasteiger partial charge in [-0.2, -0.15) is 0 Å². The number of hydrogen-bond donors (Lipinski definition) is 1. The highest BCUT2D eigenvalue weighted by Gasteiger charge is 2.50. The molecule has 3 atom stereocenters. The zero-order chi connectivity index (χ0) is 19.6. The molecule has 27 heavy (non-hydrogen) atoms. The Bertz CT molecular complexity index is 537.